The van der Waals surface area contributed by atoms with Gasteiger partial charge in [0.15, 0.2) is 0 Å². The summed E-state index contributed by atoms with van der Waals surface area (Å²) in [5.74, 6) is 0.0967. The lowest BCUT2D eigenvalue weighted by atomic mass is 10.1. The van der Waals surface area contributed by atoms with Crippen LogP contribution in [0.4, 0.5) is 5.69 Å². The largest absolute Gasteiger partial charge is 0.372 e. The minimum Gasteiger partial charge on any atom is -0.372 e. The zero-order valence-corrected chi connectivity index (χ0v) is 15.1. The third-order valence-corrected chi connectivity index (χ3v) is 5.36. The fourth-order valence-corrected chi connectivity index (χ4v) is 3.85. The van der Waals surface area contributed by atoms with Gasteiger partial charge in [-0.05, 0) is 49.1 Å². The molecule has 2 aromatic rings. The van der Waals surface area contributed by atoms with E-state index in [1.807, 2.05) is 35.2 Å². The topological polar surface area (TPSA) is 32.8 Å². The van der Waals surface area contributed by atoms with Gasteiger partial charge in [0.25, 0.3) is 5.91 Å². The number of benzene rings is 2. The molecule has 2 aliphatic heterocycles. The van der Waals surface area contributed by atoms with Crippen LogP contribution in [-0.2, 0) is 4.74 Å². The molecular weight excluding hydrogens is 324 g/mol. The molecule has 0 saturated carbocycles. The summed E-state index contributed by atoms with van der Waals surface area (Å²) in [6.07, 6.45) is 3.80. The van der Waals surface area contributed by atoms with Crippen molar-refractivity contribution in [3.8, 4) is 0 Å². The molecule has 4 nitrogen and oxygen atoms in total. The van der Waals surface area contributed by atoms with Crippen molar-refractivity contribution in [1.82, 2.24) is 4.90 Å². The number of hydrogen-bond acceptors (Lipinski definition) is 3. The monoisotopic (exact) mass is 350 g/mol. The average Bonchev–Trinajstić information content (AvgIpc) is 2.75. The standard InChI is InChI=1S/C22H26N2O2/c25-22(19-9-11-20(12-10-19)23-13-5-2-6-14-23)24-15-16-26-21(17-24)18-7-3-1-4-8-18/h1,3-4,7-12,21H,2,5-6,13-17H2. The Morgan fingerprint density at radius 1 is 0.885 bits per heavy atom. The highest BCUT2D eigenvalue weighted by Crippen LogP contribution is 2.24. The first-order valence-electron chi connectivity index (χ1n) is 9.62. The number of ether oxygens (including phenoxy) is 1. The Kier molecular flexibility index (Phi) is 5.21. The van der Waals surface area contributed by atoms with E-state index >= 15 is 0 Å². The molecule has 0 spiro atoms. The Balaban J connectivity index is 1.43. The molecule has 1 amide bonds. The minimum atomic E-state index is -0.0403. The first-order chi connectivity index (χ1) is 12.8. The summed E-state index contributed by atoms with van der Waals surface area (Å²) >= 11 is 0. The van der Waals surface area contributed by atoms with E-state index in [4.69, 9.17) is 4.74 Å². The van der Waals surface area contributed by atoms with Gasteiger partial charge in [0.1, 0.15) is 6.10 Å². The van der Waals surface area contributed by atoms with Gasteiger partial charge in [0.2, 0.25) is 0 Å². The van der Waals surface area contributed by atoms with Gasteiger partial charge in [-0.3, -0.25) is 4.79 Å². The molecule has 0 N–H and O–H groups in total. The molecule has 0 aliphatic carbocycles. The van der Waals surface area contributed by atoms with Gasteiger partial charge >= 0.3 is 0 Å². The first kappa shape index (κ1) is 17.1. The second kappa shape index (κ2) is 7.92. The zero-order valence-electron chi connectivity index (χ0n) is 15.1. The van der Waals surface area contributed by atoms with Crippen LogP contribution in [0.1, 0.15) is 41.3 Å². The molecule has 1 atom stereocenters. The quantitative estimate of drug-likeness (QED) is 0.842. The van der Waals surface area contributed by atoms with E-state index in [2.05, 4.69) is 29.2 Å². The molecule has 1 unspecified atom stereocenters. The molecule has 2 fully saturated rings. The van der Waals surface area contributed by atoms with Crippen molar-refractivity contribution in [2.75, 3.05) is 37.7 Å². The average molecular weight is 350 g/mol. The lowest BCUT2D eigenvalue weighted by molar-refractivity contribution is -0.0228. The van der Waals surface area contributed by atoms with E-state index in [1.54, 1.807) is 0 Å². The third-order valence-electron chi connectivity index (χ3n) is 5.36. The lowest BCUT2D eigenvalue weighted by Crippen LogP contribution is -2.42. The fraction of sp³-hybridized carbons (Fsp3) is 0.409. The third kappa shape index (κ3) is 3.75. The van der Waals surface area contributed by atoms with Crippen molar-refractivity contribution in [2.45, 2.75) is 25.4 Å². The van der Waals surface area contributed by atoms with E-state index in [-0.39, 0.29) is 12.0 Å². The van der Waals surface area contributed by atoms with Crippen molar-refractivity contribution >= 4 is 11.6 Å². The molecule has 26 heavy (non-hydrogen) atoms. The van der Waals surface area contributed by atoms with Crippen LogP contribution in [0, 0.1) is 0 Å². The van der Waals surface area contributed by atoms with Crippen LogP contribution in [0.3, 0.4) is 0 Å². The Morgan fingerprint density at radius 3 is 2.35 bits per heavy atom. The highest BCUT2D eigenvalue weighted by Gasteiger charge is 2.26. The molecule has 0 bridgehead atoms. The van der Waals surface area contributed by atoms with Crippen LogP contribution in [0.2, 0.25) is 0 Å². The van der Waals surface area contributed by atoms with Crippen LogP contribution in [0.25, 0.3) is 0 Å². The molecule has 2 heterocycles. The van der Waals surface area contributed by atoms with Gasteiger partial charge in [-0.1, -0.05) is 30.3 Å². The van der Waals surface area contributed by atoms with Crippen molar-refractivity contribution in [3.05, 3.63) is 65.7 Å². The van der Waals surface area contributed by atoms with E-state index < -0.39 is 0 Å². The zero-order chi connectivity index (χ0) is 17.8. The maximum Gasteiger partial charge on any atom is 0.254 e. The molecule has 4 heteroatoms. The predicted octanol–water partition coefficient (Wildman–Crippen LogP) is 3.89. The summed E-state index contributed by atoms with van der Waals surface area (Å²) < 4.78 is 5.88. The highest BCUT2D eigenvalue weighted by atomic mass is 16.5. The summed E-state index contributed by atoms with van der Waals surface area (Å²) in [4.78, 5) is 17.2. The van der Waals surface area contributed by atoms with Gasteiger partial charge in [-0.15, -0.1) is 0 Å². The van der Waals surface area contributed by atoms with Crippen LogP contribution in [-0.4, -0.2) is 43.6 Å². The van der Waals surface area contributed by atoms with Crippen molar-refractivity contribution in [2.24, 2.45) is 0 Å². The maximum absolute atomic E-state index is 12.9. The first-order valence-corrected chi connectivity index (χ1v) is 9.62. The number of nitrogens with zero attached hydrogens (tertiary/aromatic N) is 2. The van der Waals surface area contributed by atoms with Gasteiger partial charge in [0, 0.05) is 30.9 Å². The summed E-state index contributed by atoms with van der Waals surface area (Å²) in [5.41, 5.74) is 3.12. The van der Waals surface area contributed by atoms with Crippen molar-refractivity contribution in [1.29, 1.82) is 0 Å². The lowest BCUT2D eigenvalue weighted by Gasteiger charge is -2.33. The van der Waals surface area contributed by atoms with Crippen molar-refractivity contribution < 1.29 is 9.53 Å². The number of morpholine rings is 1. The van der Waals surface area contributed by atoms with Gasteiger partial charge in [0.05, 0.1) is 13.2 Å². The van der Waals surface area contributed by atoms with Gasteiger partial charge in [-0.2, -0.15) is 0 Å². The molecule has 2 aliphatic rings. The fourth-order valence-electron chi connectivity index (χ4n) is 3.85. The Labute approximate surface area is 155 Å². The van der Waals surface area contributed by atoms with Crippen LogP contribution in [0.5, 0.6) is 0 Å². The number of anilines is 1. The smallest absolute Gasteiger partial charge is 0.254 e. The molecular formula is C22H26N2O2. The summed E-state index contributed by atoms with van der Waals surface area (Å²) in [6.45, 7) is 4.08. The summed E-state index contributed by atoms with van der Waals surface area (Å²) in [7, 11) is 0. The number of hydrogen-bond donors (Lipinski definition) is 0. The number of carbonyl (C=O) groups is 1. The Hall–Kier alpha value is -2.33. The second-order valence-electron chi connectivity index (χ2n) is 7.12. The van der Waals surface area contributed by atoms with Crippen LogP contribution < -0.4 is 4.90 Å². The van der Waals surface area contributed by atoms with E-state index in [1.165, 1.54) is 24.9 Å². The number of piperidine rings is 1. The van der Waals surface area contributed by atoms with Crippen molar-refractivity contribution in [3.63, 3.8) is 0 Å². The van der Waals surface area contributed by atoms with E-state index in [0.29, 0.717) is 19.7 Å². The summed E-state index contributed by atoms with van der Waals surface area (Å²) in [5, 5.41) is 0. The van der Waals surface area contributed by atoms with Crippen LogP contribution >= 0.6 is 0 Å². The normalized spacial score (nSPS) is 20.8. The van der Waals surface area contributed by atoms with E-state index in [0.717, 1.165) is 24.2 Å². The highest BCUT2D eigenvalue weighted by molar-refractivity contribution is 5.94. The molecule has 136 valence electrons. The molecule has 4 rings (SSSR count). The molecule has 0 aromatic heterocycles. The Morgan fingerprint density at radius 2 is 1.62 bits per heavy atom. The Bertz CT molecular complexity index is 724. The number of amides is 1. The van der Waals surface area contributed by atoms with Gasteiger partial charge in [-0.25, -0.2) is 0 Å². The SMILES string of the molecule is O=C(c1ccc(N2CCCCC2)cc1)N1CCOC(c2ccccc2)C1. The maximum atomic E-state index is 12.9. The molecule has 2 saturated heterocycles. The minimum absolute atomic E-state index is 0.0403. The van der Waals surface area contributed by atoms with Crippen LogP contribution in [0.15, 0.2) is 54.6 Å². The molecule has 2 aromatic carbocycles. The number of carbonyl (C=O) groups excluding carboxylic acids is 1. The number of rotatable bonds is 3. The molecule has 0 radical (unpaired) electrons. The van der Waals surface area contributed by atoms with E-state index in [9.17, 15) is 4.79 Å². The predicted molar refractivity (Wildman–Crippen MR) is 104 cm³/mol. The second-order valence-corrected chi connectivity index (χ2v) is 7.12. The van der Waals surface area contributed by atoms with Gasteiger partial charge < -0.3 is 14.5 Å². The summed E-state index contributed by atoms with van der Waals surface area (Å²) in [6, 6.07) is 18.3.